The van der Waals surface area contributed by atoms with Gasteiger partial charge in [-0.3, -0.25) is 19.1 Å². The minimum Gasteiger partial charge on any atom is -0.350 e. The summed E-state index contributed by atoms with van der Waals surface area (Å²) in [6.45, 7) is 4.88. The van der Waals surface area contributed by atoms with Crippen molar-refractivity contribution in [2.75, 3.05) is 33.2 Å². The summed E-state index contributed by atoms with van der Waals surface area (Å²) in [5, 5.41) is 3.12. The second kappa shape index (κ2) is 7.72. The molecule has 2 aliphatic heterocycles. The van der Waals surface area contributed by atoms with Crippen LogP contribution in [0.25, 0.3) is 5.65 Å². The highest BCUT2D eigenvalue weighted by atomic mass is 16.1. The molecule has 2 saturated heterocycles. The molecular formula is C19H28N6O. The molecule has 7 nitrogen and oxygen atoms in total. The largest absolute Gasteiger partial charge is 0.350 e. The molecule has 4 heterocycles. The Kier molecular flexibility index (Phi) is 5.17. The van der Waals surface area contributed by atoms with E-state index in [1.54, 1.807) is 12.4 Å². The van der Waals surface area contributed by atoms with Crippen LogP contribution in [0.15, 0.2) is 24.8 Å². The molecule has 2 aromatic heterocycles. The van der Waals surface area contributed by atoms with Gasteiger partial charge < -0.3 is 10.2 Å². The van der Waals surface area contributed by atoms with Gasteiger partial charge >= 0.3 is 0 Å². The van der Waals surface area contributed by atoms with E-state index in [9.17, 15) is 4.79 Å². The van der Waals surface area contributed by atoms with Gasteiger partial charge in [0.25, 0.3) is 0 Å². The van der Waals surface area contributed by atoms with Gasteiger partial charge in [-0.15, -0.1) is 0 Å². The third-order valence-electron chi connectivity index (χ3n) is 5.87. The van der Waals surface area contributed by atoms with Crippen LogP contribution in [0.4, 0.5) is 0 Å². The average molecular weight is 356 g/mol. The lowest BCUT2D eigenvalue weighted by molar-refractivity contribution is -0.127. The smallest absolute Gasteiger partial charge is 0.224 e. The van der Waals surface area contributed by atoms with E-state index in [2.05, 4.69) is 32.1 Å². The van der Waals surface area contributed by atoms with E-state index in [0.29, 0.717) is 12.6 Å². The summed E-state index contributed by atoms with van der Waals surface area (Å²) < 4.78 is 1.97. The molecule has 0 saturated carbocycles. The number of piperidine rings is 2. The van der Waals surface area contributed by atoms with Crippen LogP contribution >= 0.6 is 0 Å². The zero-order valence-electron chi connectivity index (χ0n) is 15.5. The highest BCUT2D eigenvalue weighted by Gasteiger charge is 2.31. The molecular weight excluding hydrogens is 328 g/mol. The Morgan fingerprint density at radius 2 is 2.08 bits per heavy atom. The fourth-order valence-electron chi connectivity index (χ4n) is 4.26. The number of aromatic nitrogens is 3. The van der Waals surface area contributed by atoms with Crippen molar-refractivity contribution in [2.45, 2.75) is 38.3 Å². The molecule has 0 radical (unpaired) electrons. The molecule has 7 heteroatoms. The summed E-state index contributed by atoms with van der Waals surface area (Å²) in [4.78, 5) is 26.1. The van der Waals surface area contributed by atoms with Crippen molar-refractivity contribution in [3.8, 4) is 0 Å². The van der Waals surface area contributed by atoms with Gasteiger partial charge in [-0.25, -0.2) is 4.98 Å². The van der Waals surface area contributed by atoms with E-state index >= 15 is 0 Å². The molecule has 0 bridgehead atoms. The maximum atomic E-state index is 12.7. The van der Waals surface area contributed by atoms with Crippen LogP contribution in [0.1, 0.15) is 31.4 Å². The molecule has 0 unspecified atom stereocenters. The Morgan fingerprint density at radius 3 is 2.92 bits per heavy atom. The van der Waals surface area contributed by atoms with Gasteiger partial charge in [0.2, 0.25) is 5.91 Å². The number of hydrogen-bond donors (Lipinski definition) is 1. The molecule has 26 heavy (non-hydrogen) atoms. The second-order valence-corrected chi connectivity index (χ2v) is 7.64. The average Bonchev–Trinajstić information content (AvgIpc) is 3.10. The first-order valence-electron chi connectivity index (χ1n) is 9.67. The number of rotatable bonds is 4. The van der Waals surface area contributed by atoms with E-state index in [4.69, 9.17) is 0 Å². The molecule has 1 amide bonds. The molecule has 140 valence electrons. The van der Waals surface area contributed by atoms with Crippen molar-refractivity contribution in [1.29, 1.82) is 0 Å². The molecule has 0 spiro atoms. The monoisotopic (exact) mass is 356 g/mol. The van der Waals surface area contributed by atoms with Crippen LogP contribution in [-0.4, -0.2) is 69.3 Å². The normalized spacial score (nSPS) is 23.3. The minimum absolute atomic E-state index is 0.101. The predicted octanol–water partition coefficient (Wildman–Crippen LogP) is 1.15. The quantitative estimate of drug-likeness (QED) is 0.890. The molecule has 4 rings (SSSR count). The van der Waals surface area contributed by atoms with Gasteiger partial charge in [-0.1, -0.05) is 0 Å². The first-order valence-corrected chi connectivity index (χ1v) is 9.67. The number of imidazole rings is 1. The number of hydrogen-bond acceptors (Lipinski definition) is 5. The van der Waals surface area contributed by atoms with Crippen LogP contribution < -0.4 is 5.32 Å². The molecule has 0 aromatic carbocycles. The number of fused-ring (bicyclic) bond motifs is 1. The Bertz CT molecular complexity index is 751. The summed E-state index contributed by atoms with van der Waals surface area (Å²) in [5.74, 6) is 0.274. The van der Waals surface area contributed by atoms with Crippen molar-refractivity contribution in [3.63, 3.8) is 0 Å². The molecule has 2 aromatic rings. The Hall–Kier alpha value is -1.99. The minimum atomic E-state index is 0.101. The van der Waals surface area contributed by atoms with Crippen molar-refractivity contribution in [3.05, 3.63) is 30.5 Å². The van der Waals surface area contributed by atoms with E-state index in [-0.39, 0.29) is 11.8 Å². The third-order valence-corrected chi connectivity index (χ3v) is 5.87. The molecule has 1 atom stereocenters. The molecule has 1 N–H and O–H groups in total. The van der Waals surface area contributed by atoms with Crippen molar-refractivity contribution >= 4 is 11.6 Å². The fourth-order valence-corrected chi connectivity index (χ4v) is 4.26. The van der Waals surface area contributed by atoms with Crippen LogP contribution in [0.2, 0.25) is 0 Å². The SMILES string of the molecule is CN1CCC(N2CCC[C@H](C(=O)NCc3cnc4cnccn34)C2)CC1. The number of likely N-dealkylation sites (tertiary alicyclic amines) is 2. The zero-order valence-corrected chi connectivity index (χ0v) is 15.5. The molecule has 2 fully saturated rings. The maximum Gasteiger partial charge on any atom is 0.224 e. The lowest BCUT2D eigenvalue weighted by Crippen LogP contribution is -2.50. The summed E-state index contributed by atoms with van der Waals surface area (Å²) in [6, 6.07) is 0.646. The lowest BCUT2D eigenvalue weighted by atomic mass is 9.93. The number of amides is 1. The number of carbonyl (C=O) groups is 1. The second-order valence-electron chi connectivity index (χ2n) is 7.64. The topological polar surface area (TPSA) is 65.8 Å². The van der Waals surface area contributed by atoms with Gasteiger partial charge in [-0.2, -0.15) is 0 Å². The van der Waals surface area contributed by atoms with E-state index in [1.807, 2.05) is 16.8 Å². The summed E-state index contributed by atoms with van der Waals surface area (Å²) >= 11 is 0. The number of carbonyl (C=O) groups excluding carboxylic acids is 1. The number of nitrogens with one attached hydrogen (secondary N) is 1. The third kappa shape index (κ3) is 3.73. The van der Waals surface area contributed by atoms with Gasteiger partial charge in [0.05, 0.1) is 30.6 Å². The summed E-state index contributed by atoms with van der Waals surface area (Å²) in [7, 11) is 2.19. The van der Waals surface area contributed by atoms with Gasteiger partial charge in [0.1, 0.15) is 0 Å². The van der Waals surface area contributed by atoms with Gasteiger partial charge in [-0.05, 0) is 52.4 Å². The van der Waals surface area contributed by atoms with Gasteiger partial charge in [0.15, 0.2) is 5.65 Å². The van der Waals surface area contributed by atoms with E-state index in [1.165, 1.54) is 25.9 Å². The van der Waals surface area contributed by atoms with Crippen LogP contribution in [0.5, 0.6) is 0 Å². The Labute approximate surface area is 154 Å². The number of nitrogens with zero attached hydrogens (tertiary/aromatic N) is 5. The zero-order chi connectivity index (χ0) is 17.9. The Balaban J connectivity index is 1.32. The lowest BCUT2D eigenvalue weighted by Gasteiger charge is -2.41. The first kappa shape index (κ1) is 17.4. The fraction of sp³-hybridized carbons (Fsp3) is 0.632. The van der Waals surface area contributed by atoms with Crippen molar-refractivity contribution in [1.82, 2.24) is 29.5 Å². The standard InChI is InChI=1S/C19H28N6O/c1-23-8-4-16(5-9-23)24-7-2-3-15(14-24)19(26)22-12-17-11-21-18-13-20-6-10-25(17)18/h6,10-11,13,15-16H,2-5,7-9,12,14H2,1H3,(H,22,26)/t15-/m0/s1. The highest BCUT2D eigenvalue weighted by Crippen LogP contribution is 2.23. The Morgan fingerprint density at radius 1 is 1.23 bits per heavy atom. The first-order chi connectivity index (χ1) is 12.7. The summed E-state index contributed by atoms with van der Waals surface area (Å²) in [5.41, 5.74) is 1.79. The van der Waals surface area contributed by atoms with Crippen molar-refractivity contribution < 1.29 is 4.79 Å². The predicted molar refractivity (Wildman–Crippen MR) is 99.6 cm³/mol. The van der Waals surface area contributed by atoms with E-state index < -0.39 is 0 Å². The summed E-state index contributed by atoms with van der Waals surface area (Å²) in [6.07, 6.45) is 11.7. The molecule has 0 aliphatic carbocycles. The van der Waals surface area contributed by atoms with Crippen molar-refractivity contribution in [2.24, 2.45) is 5.92 Å². The van der Waals surface area contributed by atoms with Crippen LogP contribution in [0.3, 0.4) is 0 Å². The van der Waals surface area contributed by atoms with E-state index in [0.717, 1.165) is 37.3 Å². The van der Waals surface area contributed by atoms with Gasteiger partial charge in [0, 0.05) is 25.0 Å². The maximum absolute atomic E-state index is 12.7. The van der Waals surface area contributed by atoms with Crippen LogP contribution in [0, 0.1) is 5.92 Å². The van der Waals surface area contributed by atoms with Crippen LogP contribution in [-0.2, 0) is 11.3 Å². The molecule has 2 aliphatic rings. The highest BCUT2D eigenvalue weighted by molar-refractivity contribution is 5.78.